The van der Waals surface area contributed by atoms with Crippen LogP contribution >= 0.6 is 27.5 Å². The quantitative estimate of drug-likeness (QED) is 0.106. The van der Waals surface area contributed by atoms with Gasteiger partial charge < -0.3 is 33.3 Å². The van der Waals surface area contributed by atoms with Gasteiger partial charge in [-0.15, -0.1) is 0 Å². The molecule has 55 heavy (non-hydrogen) atoms. The van der Waals surface area contributed by atoms with Crippen LogP contribution in [0.25, 0.3) is 33.6 Å². The Balaban J connectivity index is 1.36. The molecular formula is C40H40BrClN4O8Si. The molecule has 0 aliphatic heterocycles. The molecule has 3 aromatic carbocycles. The Kier molecular flexibility index (Phi) is 11.4. The summed E-state index contributed by atoms with van der Waals surface area (Å²) in [5, 5.41) is 21.2. The topological polar surface area (TPSA) is 159 Å². The number of halogens is 2. The lowest BCUT2D eigenvalue weighted by molar-refractivity contribution is -0.145. The molecule has 286 valence electrons. The van der Waals surface area contributed by atoms with Crippen LogP contribution in [-0.2, 0) is 17.8 Å². The van der Waals surface area contributed by atoms with E-state index in [2.05, 4.69) is 64.7 Å². The zero-order valence-corrected chi connectivity index (χ0v) is 34.7. The minimum absolute atomic E-state index is 0.0218. The van der Waals surface area contributed by atoms with Gasteiger partial charge in [-0.05, 0) is 94.6 Å². The summed E-state index contributed by atoms with van der Waals surface area (Å²) in [5.41, 5.74) is 3.67. The van der Waals surface area contributed by atoms with Gasteiger partial charge in [0, 0.05) is 18.2 Å². The van der Waals surface area contributed by atoms with E-state index in [1.807, 2.05) is 30.3 Å². The number of rotatable bonds is 13. The fraction of sp³-hybridized carbons (Fsp3) is 0.275. The molecule has 0 spiro atoms. The van der Waals surface area contributed by atoms with Crippen molar-refractivity contribution in [2.45, 2.75) is 65.0 Å². The number of carbonyl (C=O) groups is 1. The lowest BCUT2D eigenvalue weighted by Gasteiger charge is -2.36. The molecule has 15 heteroatoms. The average molecular weight is 848 g/mol. The van der Waals surface area contributed by atoms with Gasteiger partial charge in [0.05, 0.1) is 29.0 Å². The van der Waals surface area contributed by atoms with Crippen LogP contribution < -0.4 is 18.6 Å². The molecule has 2 N–H and O–H groups in total. The first-order chi connectivity index (χ1) is 26.1. The molecule has 3 aromatic heterocycles. The number of furan rings is 1. The minimum atomic E-state index is -2.28. The molecule has 3 heterocycles. The smallest absolute Gasteiger partial charge is 0.345 e. The van der Waals surface area contributed by atoms with Crippen LogP contribution in [0.5, 0.6) is 28.9 Å². The number of nitrogens with zero attached hydrogens (tertiary/aromatic N) is 4. The Hall–Kier alpha value is -5.18. The Morgan fingerprint density at radius 2 is 1.78 bits per heavy atom. The van der Waals surface area contributed by atoms with Crippen LogP contribution in [0.2, 0.25) is 23.2 Å². The number of carboxylic acids is 1. The summed E-state index contributed by atoms with van der Waals surface area (Å²) < 4.78 is 30.9. The van der Waals surface area contributed by atoms with Gasteiger partial charge in [-0.3, -0.25) is 0 Å². The fourth-order valence-corrected chi connectivity index (χ4v) is 7.37. The summed E-state index contributed by atoms with van der Waals surface area (Å²) in [6, 6.07) is 17.7. The van der Waals surface area contributed by atoms with E-state index in [9.17, 15) is 15.0 Å². The van der Waals surface area contributed by atoms with Crippen molar-refractivity contribution >= 4 is 52.9 Å². The number of phenolic OH excluding ortho intramolecular Hbond substituents is 1. The molecule has 1 unspecified atom stereocenters. The molecule has 0 bridgehead atoms. The van der Waals surface area contributed by atoms with Crippen LogP contribution in [0.15, 0.2) is 82.3 Å². The summed E-state index contributed by atoms with van der Waals surface area (Å²) in [6.45, 7) is 12.5. The second-order valence-corrected chi connectivity index (χ2v) is 20.1. The predicted molar refractivity (Wildman–Crippen MR) is 215 cm³/mol. The van der Waals surface area contributed by atoms with Crippen molar-refractivity contribution in [2.75, 3.05) is 7.11 Å². The third-order valence-corrected chi connectivity index (χ3v) is 15.0. The number of hydrogen-bond acceptors (Lipinski definition) is 11. The van der Waals surface area contributed by atoms with Crippen LogP contribution in [0, 0.1) is 6.92 Å². The van der Waals surface area contributed by atoms with Crippen LogP contribution in [0.1, 0.15) is 37.6 Å². The highest BCUT2D eigenvalue weighted by Gasteiger charge is 2.39. The Labute approximate surface area is 332 Å². The molecule has 0 saturated heterocycles. The molecular weight excluding hydrogens is 808 g/mol. The van der Waals surface area contributed by atoms with Crippen LogP contribution in [0.4, 0.5) is 0 Å². The Bertz CT molecular complexity index is 2380. The number of para-hydroxylation sites is 1. The van der Waals surface area contributed by atoms with E-state index >= 15 is 0 Å². The lowest BCUT2D eigenvalue weighted by Crippen LogP contribution is -2.43. The van der Waals surface area contributed by atoms with E-state index in [0.717, 1.165) is 5.56 Å². The zero-order chi connectivity index (χ0) is 39.7. The van der Waals surface area contributed by atoms with E-state index in [0.29, 0.717) is 61.1 Å². The first-order valence-electron chi connectivity index (χ1n) is 17.3. The molecule has 0 amide bonds. The Morgan fingerprint density at radius 3 is 2.51 bits per heavy atom. The van der Waals surface area contributed by atoms with E-state index in [1.165, 1.54) is 12.4 Å². The van der Waals surface area contributed by atoms with Crippen molar-refractivity contribution < 1.29 is 38.1 Å². The van der Waals surface area contributed by atoms with Crippen molar-refractivity contribution in [2.24, 2.45) is 0 Å². The van der Waals surface area contributed by atoms with E-state index < -0.39 is 20.4 Å². The second-order valence-electron chi connectivity index (χ2n) is 14.3. The molecule has 0 aliphatic carbocycles. The third-order valence-electron chi connectivity index (χ3n) is 9.63. The van der Waals surface area contributed by atoms with Gasteiger partial charge in [-0.25, -0.2) is 24.7 Å². The normalized spacial score (nSPS) is 12.4. The average Bonchev–Trinajstić information content (AvgIpc) is 3.48. The summed E-state index contributed by atoms with van der Waals surface area (Å²) in [7, 11) is -0.688. The maximum absolute atomic E-state index is 13.0. The maximum Gasteiger partial charge on any atom is 0.345 e. The van der Waals surface area contributed by atoms with Crippen molar-refractivity contribution in [3.63, 3.8) is 0 Å². The predicted octanol–water partition coefficient (Wildman–Crippen LogP) is 9.82. The first kappa shape index (κ1) is 39.5. The van der Waals surface area contributed by atoms with Gasteiger partial charge in [0.2, 0.25) is 26.0 Å². The van der Waals surface area contributed by atoms with Crippen molar-refractivity contribution in [3.8, 4) is 51.4 Å². The molecule has 1 atom stereocenters. The SMILES string of the molecule is COc1ccccc1-c1nccc(COc2ccc(O[Si](C)(C)C(C)(C)C)cc2CC(Oc2ncnc3oc(Br)c(-c4ccc(O)c(Cl)c4C)c23)C(=O)O)n1. The summed E-state index contributed by atoms with van der Waals surface area (Å²) in [5.74, 6) is 0.776. The number of methoxy groups -OCH3 is 1. The number of phenols is 1. The van der Waals surface area contributed by atoms with Gasteiger partial charge >= 0.3 is 5.97 Å². The number of benzene rings is 3. The van der Waals surface area contributed by atoms with Gasteiger partial charge in [0.25, 0.3) is 0 Å². The zero-order valence-electron chi connectivity index (χ0n) is 31.3. The highest BCUT2D eigenvalue weighted by Crippen LogP contribution is 2.45. The Morgan fingerprint density at radius 1 is 1.02 bits per heavy atom. The largest absolute Gasteiger partial charge is 0.543 e. The van der Waals surface area contributed by atoms with Crippen molar-refractivity contribution in [1.29, 1.82) is 0 Å². The number of aliphatic carboxylic acids is 1. The van der Waals surface area contributed by atoms with Gasteiger partial charge in [0.15, 0.2) is 10.5 Å². The van der Waals surface area contributed by atoms with Crippen molar-refractivity contribution in [3.05, 3.63) is 99.7 Å². The summed E-state index contributed by atoms with van der Waals surface area (Å²) in [6.07, 6.45) is 1.32. The number of ether oxygens (including phenoxy) is 3. The van der Waals surface area contributed by atoms with E-state index in [1.54, 1.807) is 44.5 Å². The van der Waals surface area contributed by atoms with E-state index in [-0.39, 0.29) is 40.4 Å². The minimum Gasteiger partial charge on any atom is -0.543 e. The number of aromatic nitrogens is 4. The number of fused-ring (bicyclic) bond motifs is 1. The standard InChI is InChI=1S/C40H40BrClN4O8Si/c1-22-26(13-14-28(47)34(22)42)32-33-37(44-21-45-38(33)53-35(32)41)52-31(39(48)49)19-23-18-25(54-55(6,7)40(2,3)4)12-15-29(23)51-20-24-16-17-43-36(46-24)27-10-8-9-11-30(27)50-5/h8-18,21,31,47H,19-20H2,1-7H3,(H,48,49). The molecule has 0 saturated carbocycles. The molecule has 12 nitrogen and oxygen atoms in total. The van der Waals surface area contributed by atoms with Crippen LogP contribution in [-0.4, -0.2) is 57.6 Å². The first-order valence-corrected chi connectivity index (χ1v) is 21.4. The molecule has 0 radical (unpaired) electrons. The van der Waals surface area contributed by atoms with E-state index in [4.69, 9.17) is 39.6 Å². The molecule has 6 rings (SSSR count). The molecule has 6 aromatic rings. The monoisotopic (exact) mass is 846 g/mol. The maximum atomic E-state index is 13.0. The third kappa shape index (κ3) is 8.41. The molecule has 0 aliphatic rings. The van der Waals surface area contributed by atoms with Gasteiger partial charge in [0.1, 0.15) is 41.3 Å². The number of aromatic hydroxyl groups is 1. The highest BCUT2D eigenvalue weighted by atomic mass is 79.9. The highest BCUT2D eigenvalue weighted by molar-refractivity contribution is 9.10. The van der Waals surface area contributed by atoms with Crippen molar-refractivity contribution in [1.82, 2.24) is 19.9 Å². The number of hydrogen-bond donors (Lipinski definition) is 2. The second kappa shape index (κ2) is 15.9. The van der Waals surface area contributed by atoms with Gasteiger partial charge in [-0.1, -0.05) is 50.6 Å². The fourth-order valence-electron chi connectivity index (χ4n) is 5.62. The van der Waals surface area contributed by atoms with Gasteiger partial charge in [-0.2, -0.15) is 0 Å². The molecule has 0 fully saturated rings. The summed E-state index contributed by atoms with van der Waals surface area (Å²) in [4.78, 5) is 30.7. The number of carboxylic acid groups (broad SMARTS) is 1. The summed E-state index contributed by atoms with van der Waals surface area (Å²) >= 11 is 9.87. The van der Waals surface area contributed by atoms with Crippen LogP contribution in [0.3, 0.4) is 0 Å². The lowest BCUT2D eigenvalue weighted by atomic mass is 10.0.